The van der Waals surface area contributed by atoms with Crippen molar-refractivity contribution in [2.75, 3.05) is 4.90 Å². The smallest absolute Gasteiger partial charge is 0.160 e. The van der Waals surface area contributed by atoms with Crippen molar-refractivity contribution < 1.29 is 4.42 Å². The van der Waals surface area contributed by atoms with E-state index in [2.05, 4.69) is 199 Å². The summed E-state index contributed by atoms with van der Waals surface area (Å²) in [6, 6.07) is 71.6. The third kappa shape index (κ3) is 5.12. The summed E-state index contributed by atoms with van der Waals surface area (Å²) < 4.78 is 6.80. The van der Waals surface area contributed by atoms with Crippen LogP contribution in [0.3, 0.4) is 0 Å². The van der Waals surface area contributed by atoms with Crippen molar-refractivity contribution in [3.05, 3.63) is 200 Å². The molecule has 244 valence electrons. The number of nitrogens with zero attached hydrogens (tertiary/aromatic N) is 1. The van der Waals surface area contributed by atoms with E-state index in [0.717, 1.165) is 44.6 Å². The zero-order valence-electron chi connectivity index (χ0n) is 28.4. The highest BCUT2D eigenvalue weighted by molar-refractivity contribution is 6.17. The molecule has 1 heterocycles. The van der Waals surface area contributed by atoms with Gasteiger partial charge < -0.3 is 9.32 Å². The lowest BCUT2D eigenvalue weighted by atomic mass is 9.93. The molecule has 0 aliphatic carbocycles. The molecule has 0 saturated carbocycles. The Labute approximate surface area is 302 Å². The second-order valence-corrected chi connectivity index (χ2v) is 13.3. The lowest BCUT2D eigenvalue weighted by Gasteiger charge is -2.26. The largest absolute Gasteiger partial charge is 0.454 e. The van der Waals surface area contributed by atoms with Gasteiger partial charge in [0.25, 0.3) is 0 Å². The predicted octanol–water partition coefficient (Wildman–Crippen LogP) is 14.4. The maximum Gasteiger partial charge on any atom is 0.160 e. The fraction of sp³-hybridized carbons (Fsp3) is 0. The number of furan rings is 1. The van der Waals surface area contributed by atoms with E-state index in [1.54, 1.807) is 0 Å². The van der Waals surface area contributed by atoms with E-state index in [4.69, 9.17) is 4.42 Å². The van der Waals surface area contributed by atoms with Gasteiger partial charge >= 0.3 is 0 Å². The Kier molecular flexibility index (Phi) is 7.18. The molecule has 0 aliphatic rings. The lowest BCUT2D eigenvalue weighted by Crippen LogP contribution is -2.10. The second-order valence-electron chi connectivity index (χ2n) is 13.3. The van der Waals surface area contributed by atoms with Crippen LogP contribution in [-0.4, -0.2) is 0 Å². The summed E-state index contributed by atoms with van der Waals surface area (Å²) in [6.07, 6.45) is 0. The Morgan fingerprint density at radius 3 is 1.77 bits per heavy atom. The molecule has 1 aromatic heterocycles. The van der Waals surface area contributed by atoms with E-state index in [1.807, 2.05) is 6.07 Å². The van der Waals surface area contributed by atoms with E-state index in [9.17, 15) is 0 Å². The summed E-state index contributed by atoms with van der Waals surface area (Å²) >= 11 is 0. The van der Waals surface area contributed by atoms with Crippen LogP contribution in [0.1, 0.15) is 0 Å². The molecule has 0 saturated heterocycles. The molecule has 9 aromatic carbocycles. The minimum Gasteiger partial charge on any atom is -0.454 e. The summed E-state index contributed by atoms with van der Waals surface area (Å²) in [7, 11) is 0. The predicted molar refractivity (Wildman–Crippen MR) is 220 cm³/mol. The Morgan fingerprint density at radius 1 is 0.346 bits per heavy atom. The maximum absolute atomic E-state index is 6.80. The van der Waals surface area contributed by atoms with Crippen molar-refractivity contribution in [1.82, 2.24) is 0 Å². The van der Waals surface area contributed by atoms with Crippen LogP contribution in [0.2, 0.25) is 0 Å². The summed E-state index contributed by atoms with van der Waals surface area (Å²) in [5.74, 6) is 0. The SMILES string of the molecule is c1ccc(-c2cc(-c3ccc(N(c4ccccc4)c4ccc(-c5ccc6ccccc6c5)c5c4oc4ccccc45)cc3)cc3ccccc23)cc1. The number of anilines is 3. The molecule has 0 atom stereocenters. The first-order chi connectivity index (χ1) is 25.8. The molecule has 0 unspecified atom stereocenters. The Balaban J connectivity index is 1.14. The van der Waals surface area contributed by atoms with Crippen molar-refractivity contribution >= 4 is 60.5 Å². The van der Waals surface area contributed by atoms with E-state index in [1.165, 1.54) is 49.4 Å². The standard InChI is InChI=1S/C50H33NO/c1-3-14-36(15-4-1)46-33-40(32-38-17-9-10-20-43(38)46)35-25-27-42(28-26-35)51(41-18-5-2-6-19-41)47-30-29-44(39-24-23-34-13-7-8-16-37(34)31-39)49-45-21-11-12-22-48(45)52-50(47)49/h1-33H. The van der Waals surface area contributed by atoms with Crippen LogP contribution in [0.5, 0.6) is 0 Å². The van der Waals surface area contributed by atoms with Crippen molar-refractivity contribution in [2.45, 2.75) is 0 Å². The molecular weight excluding hydrogens is 631 g/mol. The molecule has 0 spiro atoms. The van der Waals surface area contributed by atoms with E-state index in [0.29, 0.717) is 0 Å². The number of benzene rings is 9. The van der Waals surface area contributed by atoms with Gasteiger partial charge in [0.05, 0.1) is 5.69 Å². The summed E-state index contributed by atoms with van der Waals surface area (Å²) in [4.78, 5) is 2.31. The van der Waals surface area contributed by atoms with Gasteiger partial charge in [-0.15, -0.1) is 0 Å². The van der Waals surface area contributed by atoms with Crippen LogP contribution < -0.4 is 4.90 Å². The van der Waals surface area contributed by atoms with Gasteiger partial charge in [0, 0.05) is 22.1 Å². The topological polar surface area (TPSA) is 16.4 Å². The average molecular weight is 664 g/mol. The monoisotopic (exact) mass is 663 g/mol. The average Bonchev–Trinajstić information content (AvgIpc) is 3.62. The number of fused-ring (bicyclic) bond motifs is 5. The van der Waals surface area contributed by atoms with E-state index < -0.39 is 0 Å². The summed E-state index contributed by atoms with van der Waals surface area (Å²) in [5.41, 5.74) is 12.0. The number of hydrogen-bond acceptors (Lipinski definition) is 2. The summed E-state index contributed by atoms with van der Waals surface area (Å²) in [5, 5.41) is 7.16. The normalized spacial score (nSPS) is 11.5. The number of para-hydroxylation sites is 2. The van der Waals surface area contributed by atoms with Gasteiger partial charge in [0.1, 0.15) is 5.58 Å². The molecule has 2 heteroatoms. The number of hydrogen-bond donors (Lipinski definition) is 0. The van der Waals surface area contributed by atoms with Crippen molar-refractivity contribution in [3.8, 4) is 33.4 Å². The minimum absolute atomic E-state index is 0.863. The fourth-order valence-electron chi connectivity index (χ4n) is 7.73. The van der Waals surface area contributed by atoms with Crippen molar-refractivity contribution in [1.29, 1.82) is 0 Å². The van der Waals surface area contributed by atoms with Crippen molar-refractivity contribution in [2.24, 2.45) is 0 Å². The molecule has 0 aliphatic heterocycles. The maximum atomic E-state index is 6.80. The molecule has 0 radical (unpaired) electrons. The van der Waals surface area contributed by atoms with Gasteiger partial charge in [0.2, 0.25) is 0 Å². The van der Waals surface area contributed by atoms with Gasteiger partial charge in [-0.1, -0.05) is 146 Å². The molecule has 52 heavy (non-hydrogen) atoms. The van der Waals surface area contributed by atoms with Gasteiger partial charge in [-0.05, 0) is 110 Å². The van der Waals surface area contributed by atoms with Crippen LogP contribution >= 0.6 is 0 Å². The molecule has 0 N–H and O–H groups in total. The summed E-state index contributed by atoms with van der Waals surface area (Å²) in [6.45, 7) is 0. The Bertz CT molecular complexity index is 2890. The van der Waals surface area contributed by atoms with Crippen LogP contribution in [0.15, 0.2) is 205 Å². The molecule has 10 aromatic rings. The fourth-order valence-corrected chi connectivity index (χ4v) is 7.73. The quantitative estimate of drug-likeness (QED) is 0.176. The molecule has 0 fully saturated rings. The van der Waals surface area contributed by atoms with Crippen LogP contribution in [0.4, 0.5) is 17.1 Å². The molecular formula is C50H33NO. The zero-order valence-corrected chi connectivity index (χ0v) is 28.4. The van der Waals surface area contributed by atoms with Crippen LogP contribution in [0, 0.1) is 0 Å². The third-order valence-electron chi connectivity index (χ3n) is 10.2. The number of rotatable bonds is 6. The van der Waals surface area contributed by atoms with E-state index in [-0.39, 0.29) is 0 Å². The highest BCUT2D eigenvalue weighted by atomic mass is 16.3. The first-order valence-electron chi connectivity index (χ1n) is 17.8. The second kappa shape index (κ2) is 12.5. The first kappa shape index (κ1) is 30.0. The van der Waals surface area contributed by atoms with Crippen molar-refractivity contribution in [3.63, 3.8) is 0 Å². The third-order valence-corrected chi connectivity index (χ3v) is 10.2. The molecule has 0 bridgehead atoms. The van der Waals surface area contributed by atoms with Gasteiger partial charge in [0.15, 0.2) is 5.58 Å². The van der Waals surface area contributed by atoms with Crippen LogP contribution in [0.25, 0.3) is 76.9 Å². The lowest BCUT2D eigenvalue weighted by molar-refractivity contribution is 0.669. The molecule has 10 rings (SSSR count). The minimum atomic E-state index is 0.863. The van der Waals surface area contributed by atoms with E-state index >= 15 is 0 Å². The van der Waals surface area contributed by atoms with Gasteiger partial charge in [-0.3, -0.25) is 0 Å². The van der Waals surface area contributed by atoms with Crippen LogP contribution in [-0.2, 0) is 0 Å². The van der Waals surface area contributed by atoms with Gasteiger partial charge in [-0.25, -0.2) is 0 Å². The Morgan fingerprint density at radius 2 is 0.962 bits per heavy atom. The highest BCUT2D eigenvalue weighted by Crippen LogP contribution is 2.46. The van der Waals surface area contributed by atoms with Gasteiger partial charge in [-0.2, -0.15) is 0 Å². The highest BCUT2D eigenvalue weighted by Gasteiger charge is 2.22. The first-order valence-corrected chi connectivity index (χ1v) is 17.8. The zero-order chi connectivity index (χ0) is 34.4. The Hall–Kier alpha value is -6.90. The molecule has 0 amide bonds. The molecule has 2 nitrogen and oxygen atoms in total.